The second-order valence-electron chi connectivity index (χ2n) is 6.57. The smallest absolute Gasteiger partial charge is 0.260 e. The lowest BCUT2D eigenvalue weighted by atomic mass is 9.92. The molecule has 1 amide bonds. The fourth-order valence-electron chi connectivity index (χ4n) is 3.17. The minimum absolute atomic E-state index is 0.0910. The maximum absolute atomic E-state index is 12.2. The molecule has 132 valence electrons. The first kappa shape index (κ1) is 17.8. The van der Waals surface area contributed by atoms with Crippen molar-refractivity contribution in [3.63, 3.8) is 0 Å². The van der Waals surface area contributed by atoms with E-state index in [1.165, 1.54) is 24.0 Å². The molecule has 0 radical (unpaired) electrons. The lowest BCUT2D eigenvalue weighted by Crippen LogP contribution is -2.37. The van der Waals surface area contributed by atoms with E-state index in [0.717, 1.165) is 35.6 Å². The summed E-state index contributed by atoms with van der Waals surface area (Å²) in [6.07, 6.45) is 5.02. The molecule has 1 N–H and O–H groups in total. The van der Waals surface area contributed by atoms with Crippen LogP contribution in [0.2, 0.25) is 5.02 Å². The molecule has 3 nitrogen and oxygen atoms in total. The van der Waals surface area contributed by atoms with Crippen molar-refractivity contribution in [1.29, 1.82) is 0 Å². The molecule has 2 aromatic carbocycles. The van der Waals surface area contributed by atoms with Crippen LogP contribution >= 0.6 is 11.6 Å². The van der Waals surface area contributed by atoms with Crippen LogP contribution in [0, 0.1) is 0 Å². The number of nitrogens with one attached hydrogen (secondary N) is 1. The summed E-state index contributed by atoms with van der Waals surface area (Å²) in [7, 11) is 0. The number of fused-ring (bicyclic) bond motifs is 1. The predicted molar refractivity (Wildman–Crippen MR) is 101 cm³/mol. The summed E-state index contributed by atoms with van der Waals surface area (Å²) < 4.78 is 5.83. The van der Waals surface area contributed by atoms with E-state index in [1.807, 2.05) is 30.3 Å². The van der Waals surface area contributed by atoms with Gasteiger partial charge in [0, 0.05) is 11.6 Å². The maximum Gasteiger partial charge on any atom is 0.260 e. The molecule has 0 saturated carbocycles. The molecule has 0 aromatic heterocycles. The minimum atomic E-state index is -0.508. The van der Waals surface area contributed by atoms with Crippen molar-refractivity contribution < 1.29 is 9.53 Å². The molecular formula is C21H24ClNO2. The minimum Gasteiger partial charge on any atom is -0.481 e. The summed E-state index contributed by atoms with van der Waals surface area (Å²) in [5.74, 6) is 0.688. The Balaban J connectivity index is 1.48. The highest BCUT2D eigenvalue weighted by Gasteiger charge is 2.16. The molecule has 3 rings (SSSR count). The Bertz CT molecular complexity index is 727. The van der Waals surface area contributed by atoms with E-state index in [-0.39, 0.29) is 5.91 Å². The van der Waals surface area contributed by atoms with E-state index in [2.05, 4.69) is 17.4 Å². The van der Waals surface area contributed by atoms with Gasteiger partial charge in [0.15, 0.2) is 6.10 Å². The van der Waals surface area contributed by atoms with E-state index < -0.39 is 6.10 Å². The normalized spacial score (nSPS) is 14.5. The van der Waals surface area contributed by atoms with Crippen LogP contribution in [0.3, 0.4) is 0 Å². The van der Waals surface area contributed by atoms with Gasteiger partial charge in [0.2, 0.25) is 0 Å². The van der Waals surface area contributed by atoms with Gasteiger partial charge in [-0.05, 0) is 80.0 Å². The van der Waals surface area contributed by atoms with Crippen molar-refractivity contribution >= 4 is 17.5 Å². The van der Waals surface area contributed by atoms with Gasteiger partial charge >= 0.3 is 0 Å². The molecule has 0 heterocycles. The molecule has 1 atom stereocenters. The molecule has 2 aromatic rings. The Hall–Kier alpha value is -2.00. The van der Waals surface area contributed by atoms with Gasteiger partial charge in [0.1, 0.15) is 5.75 Å². The molecule has 0 fully saturated rings. The topological polar surface area (TPSA) is 38.3 Å². The molecule has 0 saturated heterocycles. The zero-order valence-corrected chi connectivity index (χ0v) is 15.3. The van der Waals surface area contributed by atoms with Crippen LogP contribution in [-0.4, -0.2) is 18.6 Å². The van der Waals surface area contributed by atoms with Gasteiger partial charge in [-0.3, -0.25) is 4.79 Å². The first-order chi connectivity index (χ1) is 12.1. The quantitative estimate of drug-likeness (QED) is 0.834. The van der Waals surface area contributed by atoms with E-state index in [9.17, 15) is 4.79 Å². The van der Waals surface area contributed by atoms with Crippen molar-refractivity contribution in [2.75, 3.05) is 6.54 Å². The number of halogens is 1. The Morgan fingerprint density at radius 3 is 2.60 bits per heavy atom. The van der Waals surface area contributed by atoms with Gasteiger partial charge in [-0.25, -0.2) is 0 Å². The van der Waals surface area contributed by atoms with Crippen LogP contribution in [0.25, 0.3) is 0 Å². The summed E-state index contributed by atoms with van der Waals surface area (Å²) in [5.41, 5.74) is 3.92. The van der Waals surface area contributed by atoms with Gasteiger partial charge < -0.3 is 10.1 Å². The van der Waals surface area contributed by atoms with Crippen LogP contribution in [0.15, 0.2) is 42.5 Å². The average molecular weight is 358 g/mol. The molecule has 0 unspecified atom stereocenters. The number of rotatable bonds is 6. The van der Waals surface area contributed by atoms with Crippen molar-refractivity contribution in [3.8, 4) is 5.75 Å². The Labute approximate surface area is 154 Å². The van der Waals surface area contributed by atoms with Crippen molar-refractivity contribution in [3.05, 3.63) is 64.2 Å². The monoisotopic (exact) mass is 357 g/mol. The highest BCUT2D eigenvalue weighted by molar-refractivity contribution is 6.30. The number of benzene rings is 2. The Kier molecular flexibility index (Phi) is 5.98. The van der Waals surface area contributed by atoms with Crippen LogP contribution in [-0.2, 0) is 24.1 Å². The molecule has 0 spiro atoms. The van der Waals surface area contributed by atoms with Gasteiger partial charge in [0.05, 0.1) is 0 Å². The van der Waals surface area contributed by atoms with Crippen LogP contribution in [0.1, 0.15) is 36.5 Å². The largest absolute Gasteiger partial charge is 0.481 e. The third-order valence-electron chi connectivity index (χ3n) is 4.63. The maximum atomic E-state index is 12.2. The van der Waals surface area contributed by atoms with Gasteiger partial charge in [-0.15, -0.1) is 0 Å². The van der Waals surface area contributed by atoms with Gasteiger partial charge in [-0.2, -0.15) is 0 Å². The number of ether oxygens (including phenoxy) is 1. The van der Waals surface area contributed by atoms with E-state index in [4.69, 9.17) is 16.3 Å². The summed E-state index contributed by atoms with van der Waals surface area (Å²) in [5, 5.41) is 3.65. The first-order valence-corrected chi connectivity index (χ1v) is 9.30. The molecule has 1 aliphatic carbocycles. The average Bonchev–Trinajstić information content (AvgIpc) is 2.63. The molecular weight excluding hydrogens is 334 g/mol. The predicted octanol–water partition coefficient (Wildman–Crippen LogP) is 4.35. The number of hydrogen-bond donors (Lipinski definition) is 1. The first-order valence-electron chi connectivity index (χ1n) is 8.92. The highest BCUT2D eigenvalue weighted by atomic mass is 35.5. The number of carbonyl (C=O) groups excluding carboxylic acids is 1. The number of carbonyl (C=O) groups is 1. The molecule has 0 bridgehead atoms. The fraction of sp³-hybridized carbons (Fsp3) is 0.381. The fourth-order valence-corrected chi connectivity index (χ4v) is 3.29. The van der Waals surface area contributed by atoms with Crippen LogP contribution in [0.5, 0.6) is 5.75 Å². The van der Waals surface area contributed by atoms with E-state index in [0.29, 0.717) is 6.54 Å². The summed E-state index contributed by atoms with van der Waals surface area (Å²) in [4.78, 5) is 12.2. The van der Waals surface area contributed by atoms with Crippen molar-refractivity contribution in [2.45, 2.75) is 45.1 Å². The SMILES string of the molecule is C[C@H](Oc1ccc2c(c1)CCCC2)C(=O)NCCc1ccc(Cl)cc1. The summed E-state index contributed by atoms with van der Waals surface area (Å²) >= 11 is 5.87. The van der Waals surface area contributed by atoms with Crippen molar-refractivity contribution in [2.24, 2.45) is 0 Å². The third-order valence-corrected chi connectivity index (χ3v) is 4.88. The van der Waals surface area contributed by atoms with Crippen LogP contribution < -0.4 is 10.1 Å². The summed E-state index contributed by atoms with van der Waals surface area (Å²) in [6, 6.07) is 13.9. The zero-order valence-electron chi connectivity index (χ0n) is 14.6. The summed E-state index contributed by atoms with van der Waals surface area (Å²) in [6.45, 7) is 2.37. The Morgan fingerprint density at radius 1 is 1.12 bits per heavy atom. The van der Waals surface area contributed by atoms with Crippen molar-refractivity contribution in [1.82, 2.24) is 5.32 Å². The second-order valence-corrected chi connectivity index (χ2v) is 7.00. The number of aryl methyl sites for hydroxylation is 2. The van der Waals surface area contributed by atoms with Gasteiger partial charge in [0.25, 0.3) is 5.91 Å². The second kappa shape index (κ2) is 8.39. The standard InChI is InChI=1S/C21H24ClNO2/c1-15(21(24)23-13-12-16-6-9-19(22)10-7-16)25-20-11-8-17-4-2-3-5-18(17)14-20/h6-11,14-15H,2-5,12-13H2,1H3,(H,23,24)/t15-/m0/s1. The van der Waals surface area contributed by atoms with Crippen LogP contribution in [0.4, 0.5) is 0 Å². The van der Waals surface area contributed by atoms with Gasteiger partial charge in [-0.1, -0.05) is 29.8 Å². The molecule has 1 aliphatic rings. The van der Waals surface area contributed by atoms with E-state index in [1.54, 1.807) is 6.92 Å². The highest BCUT2D eigenvalue weighted by Crippen LogP contribution is 2.25. The molecule has 25 heavy (non-hydrogen) atoms. The van der Waals surface area contributed by atoms with E-state index >= 15 is 0 Å². The lowest BCUT2D eigenvalue weighted by molar-refractivity contribution is -0.127. The zero-order chi connectivity index (χ0) is 17.6. The number of hydrogen-bond acceptors (Lipinski definition) is 2. The third kappa shape index (κ3) is 4.99. The molecule has 4 heteroatoms. The lowest BCUT2D eigenvalue weighted by Gasteiger charge is -2.19. The molecule has 0 aliphatic heterocycles. The number of amides is 1. The Morgan fingerprint density at radius 2 is 1.84 bits per heavy atom.